The quantitative estimate of drug-likeness (QED) is 0.826. The van der Waals surface area contributed by atoms with Crippen LogP contribution in [0.5, 0.6) is 0 Å². The number of hydrogen-bond acceptors (Lipinski definition) is 1. The third kappa shape index (κ3) is 1.47. The van der Waals surface area contributed by atoms with E-state index in [1.54, 1.807) is 6.07 Å². The van der Waals surface area contributed by atoms with Crippen LogP contribution >= 0.6 is 27.5 Å². The lowest BCUT2D eigenvalue weighted by Crippen LogP contribution is -2.21. The Morgan fingerprint density at radius 3 is 2.64 bits per heavy atom. The van der Waals surface area contributed by atoms with Crippen LogP contribution in [0.3, 0.4) is 0 Å². The van der Waals surface area contributed by atoms with E-state index >= 15 is 0 Å². The topological polar surface area (TPSA) is 26.0 Å². The molecule has 2 rings (SSSR count). The zero-order valence-electron chi connectivity index (χ0n) is 7.49. The molecule has 1 aliphatic carbocycles. The third-order valence-corrected chi connectivity index (χ3v) is 4.10. The second-order valence-corrected chi connectivity index (χ2v) is 4.93. The number of hydrogen-bond donors (Lipinski definition) is 1. The average molecular weight is 279 g/mol. The molecule has 0 aliphatic heterocycles. The summed E-state index contributed by atoms with van der Waals surface area (Å²) in [5.41, 5.74) is 6.02. The molecule has 0 atom stereocenters. The van der Waals surface area contributed by atoms with Crippen molar-refractivity contribution in [1.29, 1.82) is 0 Å². The van der Waals surface area contributed by atoms with E-state index < -0.39 is 0 Å². The van der Waals surface area contributed by atoms with E-state index in [4.69, 9.17) is 17.3 Å². The molecule has 1 aromatic carbocycles. The summed E-state index contributed by atoms with van der Waals surface area (Å²) < 4.78 is 14.3. The summed E-state index contributed by atoms with van der Waals surface area (Å²) in [5, 5.41) is 0.466. The molecule has 1 fully saturated rings. The first-order valence-corrected chi connectivity index (χ1v) is 5.62. The largest absolute Gasteiger partial charge is 0.330 e. The summed E-state index contributed by atoms with van der Waals surface area (Å²) in [5.74, 6) is -0.249. The highest BCUT2D eigenvalue weighted by molar-refractivity contribution is 9.10. The van der Waals surface area contributed by atoms with E-state index in [9.17, 15) is 4.39 Å². The van der Waals surface area contributed by atoms with Crippen LogP contribution in [-0.4, -0.2) is 6.54 Å². The standard InChI is InChI=1S/C10H10BrClFN/c11-6-1-2-7(13)8(9(6)12)10(5-14)3-4-10/h1-2H,3-5,14H2. The molecule has 1 aromatic rings. The summed E-state index contributed by atoms with van der Waals surface area (Å²) in [6, 6.07) is 3.05. The summed E-state index contributed by atoms with van der Waals surface area (Å²) in [6.07, 6.45) is 1.85. The minimum Gasteiger partial charge on any atom is -0.330 e. The van der Waals surface area contributed by atoms with E-state index in [2.05, 4.69) is 15.9 Å². The molecule has 0 aromatic heterocycles. The van der Waals surface area contributed by atoms with Gasteiger partial charge in [-0.15, -0.1) is 0 Å². The second-order valence-electron chi connectivity index (χ2n) is 3.70. The van der Waals surface area contributed by atoms with Gasteiger partial charge in [0.15, 0.2) is 0 Å². The maximum atomic E-state index is 13.6. The van der Waals surface area contributed by atoms with Gasteiger partial charge in [0.2, 0.25) is 0 Å². The fourth-order valence-corrected chi connectivity index (χ4v) is 2.40. The van der Waals surface area contributed by atoms with Crippen LogP contribution < -0.4 is 5.73 Å². The molecule has 0 amide bonds. The lowest BCUT2D eigenvalue weighted by molar-refractivity contribution is 0.573. The molecular formula is C10H10BrClFN. The van der Waals surface area contributed by atoms with E-state index in [-0.39, 0.29) is 11.2 Å². The predicted octanol–water partition coefficient (Wildman–Crippen LogP) is 3.23. The number of rotatable bonds is 2. The van der Waals surface area contributed by atoms with Crippen LogP contribution in [0.15, 0.2) is 16.6 Å². The first-order valence-electron chi connectivity index (χ1n) is 4.45. The van der Waals surface area contributed by atoms with E-state index in [1.807, 2.05) is 0 Å². The van der Waals surface area contributed by atoms with Gasteiger partial charge in [0.05, 0.1) is 5.02 Å². The number of nitrogens with two attached hydrogens (primary N) is 1. The van der Waals surface area contributed by atoms with Crippen LogP contribution in [0.1, 0.15) is 18.4 Å². The van der Waals surface area contributed by atoms with E-state index in [1.165, 1.54) is 6.07 Å². The zero-order chi connectivity index (χ0) is 10.3. The summed E-state index contributed by atoms with van der Waals surface area (Å²) in [6.45, 7) is 0.458. The van der Waals surface area contributed by atoms with Crippen LogP contribution in [0, 0.1) is 5.82 Å². The molecule has 0 bridgehead atoms. The summed E-state index contributed by atoms with van der Waals surface area (Å²) in [4.78, 5) is 0. The van der Waals surface area contributed by atoms with Gasteiger partial charge in [-0.25, -0.2) is 4.39 Å². The van der Waals surface area contributed by atoms with Crippen LogP contribution in [-0.2, 0) is 5.41 Å². The molecule has 1 aliphatic rings. The fraction of sp³-hybridized carbons (Fsp3) is 0.400. The van der Waals surface area contributed by atoms with Gasteiger partial charge >= 0.3 is 0 Å². The predicted molar refractivity (Wildman–Crippen MR) is 59.1 cm³/mol. The van der Waals surface area contributed by atoms with Gasteiger partial charge < -0.3 is 5.73 Å². The maximum absolute atomic E-state index is 13.6. The molecule has 0 spiro atoms. The molecule has 1 nitrogen and oxygen atoms in total. The molecule has 0 unspecified atom stereocenters. The Balaban J connectivity index is 2.57. The molecular weight excluding hydrogens is 268 g/mol. The minimum atomic E-state index is -0.249. The molecule has 14 heavy (non-hydrogen) atoms. The normalized spacial score (nSPS) is 18.3. The molecule has 76 valence electrons. The Hall–Kier alpha value is -0.120. The summed E-state index contributed by atoms with van der Waals surface area (Å²) in [7, 11) is 0. The van der Waals surface area contributed by atoms with Gasteiger partial charge in [0.1, 0.15) is 5.82 Å². The van der Waals surface area contributed by atoms with Crippen molar-refractivity contribution < 1.29 is 4.39 Å². The molecule has 1 saturated carbocycles. The Morgan fingerprint density at radius 1 is 1.50 bits per heavy atom. The Labute approximate surface area is 95.6 Å². The van der Waals surface area contributed by atoms with Gasteiger partial charge in [-0.3, -0.25) is 0 Å². The minimum absolute atomic E-state index is 0.203. The average Bonchev–Trinajstić information content (AvgIpc) is 2.93. The third-order valence-electron chi connectivity index (χ3n) is 2.82. The molecule has 4 heteroatoms. The van der Waals surface area contributed by atoms with Gasteiger partial charge in [-0.2, -0.15) is 0 Å². The van der Waals surface area contributed by atoms with Crippen molar-refractivity contribution in [2.45, 2.75) is 18.3 Å². The van der Waals surface area contributed by atoms with Crippen molar-refractivity contribution in [3.05, 3.63) is 33.0 Å². The Morgan fingerprint density at radius 2 is 2.14 bits per heavy atom. The molecule has 0 saturated heterocycles. The van der Waals surface area contributed by atoms with Crippen molar-refractivity contribution in [3.8, 4) is 0 Å². The van der Waals surface area contributed by atoms with Gasteiger partial charge in [-0.05, 0) is 40.9 Å². The highest BCUT2D eigenvalue weighted by atomic mass is 79.9. The first-order chi connectivity index (χ1) is 6.60. The number of halogens is 3. The smallest absolute Gasteiger partial charge is 0.128 e. The SMILES string of the molecule is NCC1(c2c(F)ccc(Br)c2Cl)CC1. The molecule has 0 heterocycles. The van der Waals surface area contributed by atoms with Crippen LogP contribution in [0.2, 0.25) is 5.02 Å². The fourth-order valence-electron chi connectivity index (χ4n) is 1.72. The van der Waals surface area contributed by atoms with Crippen molar-refractivity contribution in [3.63, 3.8) is 0 Å². The Bertz CT molecular complexity index is 377. The van der Waals surface area contributed by atoms with Crippen molar-refractivity contribution in [2.24, 2.45) is 5.73 Å². The monoisotopic (exact) mass is 277 g/mol. The van der Waals surface area contributed by atoms with Crippen molar-refractivity contribution in [1.82, 2.24) is 0 Å². The summed E-state index contributed by atoms with van der Waals surface area (Å²) >= 11 is 9.35. The number of benzene rings is 1. The lowest BCUT2D eigenvalue weighted by atomic mass is 9.95. The van der Waals surface area contributed by atoms with Crippen molar-refractivity contribution >= 4 is 27.5 Å². The van der Waals surface area contributed by atoms with E-state index in [0.717, 1.165) is 17.3 Å². The van der Waals surface area contributed by atoms with Crippen molar-refractivity contribution in [2.75, 3.05) is 6.54 Å². The highest BCUT2D eigenvalue weighted by Gasteiger charge is 2.46. The molecule has 2 N–H and O–H groups in total. The van der Waals surface area contributed by atoms with Crippen LogP contribution in [0.25, 0.3) is 0 Å². The zero-order valence-corrected chi connectivity index (χ0v) is 9.83. The van der Waals surface area contributed by atoms with E-state index in [0.29, 0.717) is 17.1 Å². The maximum Gasteiger partial charge on any atom is 0.128 e. The van der Waals surface area contributed by atoms with Gasteiger partial charge in [0.25, 0.3) is 0 Å². The first kappa shape index (κ1) is 10.4. The molecule has 0 radical (unpaired) electrons. The Kier molecular flexibility index (Phi) is 2.58. The van der Waals surface area contributed by atoms with Crippen LogP contribution in [0.4, 0.5) is 4.39 Å². The lowest BCUT2D eigenvalue weighted by Gasteiger charge is -2.16. The highest BCUT2D eigenvalue weighted by Crippen LogP contribution is 2.51. The second kappa shape index (κ2) is 3.47. The van der Waals surface area contributed by atoms with Gasteiger partial charge in [-0.1, -0.05) is 11.6 Å². The van der Waals surface area contributed by atoms with Gasteiger partial charge in [0, 0.05) is 22.0 Å².